The molecule has 22 heavy (non-hydrogen) atoms. The predicted octanol–water partition coefficient (Wildman–Crippen LogP) is 1.93. The lowest BCUT2D eigenvalue weighted by Gasteiger charge is -2.30. The average Bonchev–Trinajstić information content (AvgIpc) is 2.52. The molecule has 0 unspecified atom stereocenters. The number of benzene rings is 1. The van der Waals surface area contributed by atoms with Crippen LogP contribution in [0.5, 0.6) is 0 Å². The number of sulfonamides is 1. The zero-order chi connectivity index (χ0) is 16.2. The number of nitrogens with zero attached hydrogens (tertiary/aromatic N) is 1. The molecule has 1 amide bonds. The average molecular weight is 324 g/mol. The molecule has 1 aromatic carbocycles. The summed E-state index contributed by atoms with van der Waals surface area (Å²) >= 11 is 0. The van der Waals surface area contributed by atoms with E-state index in [1.165, 1.54) is 10.6 Å². The summed E-state index contributed by atoms with van der Waals surface area (Å²) in [4.78, 5) is 12.4. The van der Waals surface area contributed by atoms with Crippen LogP contribution in [0, 0.1) is 5.92 Å². The summed E-state index contributed by atoms with van der Waals surface area (Å²) < 4.78 is 24.4. The molecule has 0 radical (unpaired) electrons. The van der Waals surface area contributed by atoms with Crippen molar-refractivity contribution < 1.29 is 13.2 Å². The molecule has 1 fully saturated rings. The van der Waals surface area contributed by atoms with Crippen LogP contribution in [0.4, 0.5) is 0 Å². The molecule has 0 bridgehead atoms. The van der Waals surface area contributed by atoms with Crippen molar-refractivity contribution in [2.24, 2.45) is 5.92 Å². The van der Waals surface area contributed by atoms with Gasteiger partial charge in [-0.2, -0.15) is 0 Å². The molecule has 1 aliphatic rings. The largest absolute Gasteiger partial charge is 0.349 e. The summed E-state index contributed by atoms with van der Waals surface area (Å²) in [7, 11) is -3.14. The molecule has 1 N–H and O–H groups in total. The topological polar surface area (TPSA) is 66.5 Å². The van der Waals surface area contributed by atoms with Gasteiger partial charge in [-0.05, 0) is 24.8 Å². The summed E-state index contributed by atoms with van der Waals surface area (Å²) in [6.07, 6.45) is 3.22. The predicted molar refractivity (Wildman–Crippen MR) is 86.8 cm³/mol. The molecule has 0 aromatic heterocycles. The van der Waals surface area contributed by atoms with Crippen molar-refractivity contribution in [1.82, 2.24) is 9.62 Å². The van der Waals surface area contributed by atoms with Crippen molar-refractivity contribution in [3.05, 3.63) is 35.9 Å². The lowest BCUT2D eigenvalue weighted by molar-refractivity contribution is -0.126. The minimum absolute atomic E-state index is 0.0154. The van der Waals surface area contributed by atoms with Crippen LogP contribution in [0.3, 0.4) is 0 Å². The van der Waals surface area contributed by atoms with Crippen molar-refractivity contribution in [2.45, 2.75) is 32.2 Å². The van der Waals surface area contributed by atoms with E-state index < -0.39 is 10.0 Å². The van der Waals surface area contributed by atoms with Gasteiger partial charge in [0.1, 0.15) is 0 Å². The Balaban J connectivity index is 1.93. The summed E-state index contributed by atoms with van der Waals surface area (Å²) in [6, 6.07) is 9.94. The quantitative estimate of drug-likeness (QED) is 0.900. The maximum absolute atomic E-state index is 12.4. The highest BCUT2D eigenvalue weighted by molar-refractivity contribution is 7.88. The summed E-state index contributed by atoms with van der Waals surface area (Å²) in [5, 5.41) is 3.10. The van der Waals surface area contributed by atoms with E-state index >= 15 is 0 Å². The van der Waals surface area contributed by atoms with Crippen LogP contribution in [0.25, 0.3) is 0 Å². The van der Waals surface area contributed by atoms with Crippen molar-refractivity contribution in [3.63, 3.8) is 0 Å². The number of hydrogen-bond acceptors (Lipinski definition) is 3. The molecule has 122 valence electrons. The van der Waals surface area contributed by atoms with E-state index in [9.17, 15) is 13.2 Å². The number of piperidine rings is 1. The third-order valence-corrected chi connectivity index (χ3v) is 5.52. The monoisotopic (exact) mass is 324 g/mol. The zero-order valence-electron chi connectivity index (χ0n) is 13.2. The number of nitrogens with one attached hydrogen (secondary N) is 1. The normalized spacial score (nSPS) is 18.8. The standard InChI is InChI=1S/C16H24N2O3S/c1-3-15(13-7-5-4-6-8-13)17-16(19)14-9-11-18(12-10-14)22(2,20)21/h4-8,14-15H,3,9-12H2,1-2H3,(H,17,19)/t15-/m1/s1. The molecule has 5 nitrogen and oxygen atoms in total. The lowest BCUT2D eigenvalue weighted by atomic mass is 9.96. The third-order valence-electron chi connectivity index (χ3n) is 4.22. The first-order chi connectivity index (χ1) is 10.4. The maximum Gasteiger partial charge on any atom is 0.223 e. The Bertz CT molecular complexity index is 593. The maximum atomic E-state index is 12.4. The number of carbonyl (C=O) groups is 1. The van der Waals surface area contributed by atoms with Gasteiger partial charge in [-0.3, -0.25) is 4.79 Å². The second kappa shape index (κ2) is 7.24. The first kappa shape index (κ1) is 17.0. The Labute approximate surface area is 132 Å². The van der Waals surface area contributed by atoms with E-state index in [0.29, 0.717) is 25.9 Å². The van der Waals surface area contributed by atoms with Crippen LogP contribution >= 0.6 is 0 Å². The molecule has 0 aliphatic carbocycles. The van der Waals surface area contributed by atoms with Crippen LogP contribution in [0.15, 0.2) is 30.3 Å². The van der Waals surface area contributed by atoms with Crippen LogP contribution in [0.2, 0.25) is 0 Å². The molecule has 1 saturated heterocycles. The van der Waals surface area contributed by atoms with E-state index in [4.69, 9.17) is 0 Å². The van der Waals surface area contributed by atoms with Crippen molar-refractivity contribution in [1.29, 1.82) is 0 Å². The highest BCUT2D eigenvalue weighted by Gasteiger charge is 2.29. The molecule has 1 aliphatic heterocycles. The van der Waals surface area contributed by atoms with Crippen molar-refractivity contribution in [3.8, 4) is 0 Å². The Morgan fingerprint density at radius 1 is 1.27 bits per heavy atom. The molecule has 1 heterocycles. The lowest BCUT2D eigenvalue weighted by Crippen LogP contribution is -2.43. The Morgan fingerprint density at radius 3 is 2.36 bits per heavy atom. The fraction of sp³-hybridized carbons (Fsp3) is 0.562. The van der Waals surface area contributed by atoms with E-state index in [1.807, 2.05) is 37.3 Å². The second-order valence-electron chi connectivity index (χ2n) is 5.82. The number of hydrogen-bond donors (Lipinski definition) is 1. The third kappa shape index (κ3) is 4.30. The number of amides is 1. The fourth-order valence-electron chi connectivity index (χ4n) is 2.85. The molecule has 2 rings (SSSR count). The van der Waals surface area contributed by atoms with Gasteiger partial charge in [0, 0.05) is 19.0 Å². The zero-order valence-corrected chi connectivity index (χ0v) is 14.0. The van der Waals surface area contributed by atoms with Gasteiger partial charge >= 0.3 is 0 Å². The van der Waals surface area contributed by atoms with Gasteiger partial charge in [0.15, 0.2) is 0 Å². The van der Waals surface area contributed by atoms with Crippen molar-refractivity contribution >= 4 is 15.9 Å². The van der Waals surface area contributed by atoms with E-state index in [-0.39, 0.29) is 17.9 Å². The molecule has 6 heteroatoms. The molecule has 0 saturated carbocycles. The number of carbonyl (C=O) groups excluding carboxylic acids is 1. The first-order valence-corrected chi connectivity index (χ1v) is 9.57. The number of rotatable bonds is 5. The molecular formula is C16H24N2O3S. The van der Waals surface area contributed by atoms with Gasteiger partial charge in [-0.1, -0.05) is 37.3 Å². The highest BCUT2D eigenvalue weighted by atomic mass is 32.2. The fourth-order valence-corrected chi connectivity index (χ4v) is 3.72. The van der Waals surface area contributed by atoms with Gasteiger partial charge in [-0.25, -0.2) is 12.7 Å². The Hall–Kier alpha value is -1.40. The Kier molecular flexibility index (Phi) is 5.58. The van der Waals surface area contributed by atoms with Crippen molar-refractivity contribution in [2.75, 3.05) is 19.3 Å². The summed E-state index contributed by atoms with van der Waals surface area (Å²) in [6.45, 7) is 2.91. The summed E-state index contributed by atoms with van der Waals surface area (Å²) in [5.41, 5.74) is 1.10. The van der Waals surface area contributed by atoms with Crippen LogP contribution in [-0.4, -0.2) is 38.0 Å². The smallest absolute Gasteiger partial charge is 0.223 e. The second-order valence-corrected chi connectivity index (χ2v) is 7.80. The van der Waals surface area contributed by atoms with Gasteiger partial charge < -0.3 is 5.32 Å². The van der Waals surface area contributed by atoms with Gasteiger partial charge in [-0.15, -0.1) is 0 Å². The van der Waals surface area contributed by atoms with Gasteiger partial charge in [0.2, 0.25) is 15.9 Å². The van der Waals surface area contributed by atoms with E-state index in [2.05, 4.69) is 5.32 Å². The van der Waals surface area contributed by atoms with Gasteiger partial charge in [0.05, 0.1) is 12.3 Å². The van der Waals surface area contributed by atoms with Crippen LogP contribution < -0.4 is 5.32 Å². The first-order valence-electron chi connectivity index (χ1n) is 7.72. The minimum atomic E-state index is -3.14. The Morgan fingerprint density at radius 2 is 1.86 bits per heavy atom. The van der Waals surface area contributed by atoms with Crippen LogP contribution in [0.1, 0.15) is 37.8 Å². The molecule has 0 spiro atoms. The van der Waals surface area contributed by atoms with E-state index in [1.54, 1.807) is 0 Å². The van der Waals surface area contributed by atoms with Crippen LogP contribution in [-0.2, 0) is 14.8 Å². The molecule has 1 atom stereocenters. The van der Waals surface area contributed by atoms with Gasteiger partial charge in [0.25, 0.3) is 0 Å². The minimum Gasteiger partial charge on any atom is -0.349 e. The summed E-state index contributed by atoms with van der Waals surface area (Å²) in [5.74, 6) is -0.0698. The molecular weight excluding hydrogens is 300 g/mol. The highest BCUT2D eigenvalue weighted by Crippen LogP contribution is 2.22. The molecule has 1 aromatic rings. The van der Waals surface area contributed by atoms with E-state index in [0.717, 1.165) is 12.0 Å². The SMILES string of the molecule is CC[C@@H](NC(=O)C1CCN(S(C)(=O)=O)CC1)c1ccccc1.